The Hall–Kier alpha value is -2.49. The minimum atomic E-state index is -4.50. The number of nitrogens with zero attached hydrogens (tertiary/aromatic N) is 5. The number of nitriles is 1. The summed E-state index contributed by atoms with van der Waals surface area (Å²) in [5.74, 6) is 0.611. The molecule has 2 aliphatic heterocycles. The average molecular weight is 481 g/mol. The number of nitrogens with one attached hydrogen (secondary N) is 1. The molecule has 2 aromatic rings. The molecule has 0 aliphatic carbocycles. The van der Waals surface area contributed by atoms with Gasteiger partial charge in [-0.05, 0) is 43.1 Å². The van der Waals surface area contributed by atoms with E-state index in [1.54, 1.807) is 18.3 Å². The quantitative estimate of drug-likeness (QED) is 0.717. The molecule has 3 heterocycles. The van der Waals surface area contributed by atoms with Gasteiger partial charge in [0.2, 0.25) is 0 Å². The van der Waals surface area contributed by atoms with Crippen molar-refractivity contribution >= 4 is 33.6 Å². The largest absolute Gasteiger partial charge is 0.416 e. The number of hydrogen-bond donors (Lipinski definition) is 1. The Labute approximate surface area is 190 Å². The lowest BCUT2D eigenvalue weighted by Crippen LogP contribution is -2.31. The molecule has 1 aromatic carbocycles. The Bertz CT molecular complexity index is 1150. The van der Waals surface area contributed by atoms with E-state index in [-0.39, 0.29) is 16.9 Å². The molecule has 0 saturated carbocycles. The van der Waals surface area contributed by atoms with E-state index >= 15 is 0 Å². The number of halogens is 3. The van der Waals surface area contributed by atoms with Crippen LogP contribution in [0.15, 0.2) is 39.2 Å². The van der Waals surface area contributed by atoms with Crippen molar-refractivity contribution in [3.63, 3.8) is 0 Å². The van der Waals surface area contributed by atoms with E-state index in [2.05, 4.69) is 15.5 Å². The third kappa shape index (κ3) is 4.79. The highest BCUT2D eigenvalue weighted by Gasteiger charge is 2.31. The molecule has 7 nitrogen and oxygen atoms in total. The third-order valence-corrected chi connectivity index (χ3v) is 7.48. The number of aromatic nitrogens is 2. The average Bonchev–Trinajstić information content (AvgIpc) is 3.27. The van der Waals surface area contributed by atoms with Crippen LogP contribution < -0.4 is 15.9 Å². The van der Waals surface area contributed by atoms with Crippen LogP contribution in [0.25, 0.3) is 0 Å². The van der Waals surface area contributed by atoms with Crippen molar-refractivity contribution in [2.24, 2.45) is 11.0 Å². The lowest BCUT2D eigenvalue weighted by Gasteiger charge is -2.23. The topological polar surface area (TPSA) is 86.3 Å². The van der Waals surface area contributed by atoms with Crippen molar-refractivity contribution in [2.75, 3.05) is 25.1 Å². The highest BCUT2D eigenvalue weighted by molar-refractivity contribution is 8.38. The number of fused-ring (bicyclic) bond motifs is 1. The van der Waals surface area contributed by atoms with Crippen molar-refractivity contribution in [1.29, 1.82) is 5.26 Å². The molecule has 1 unspecified atom stereocenters. The Kier molecular flexibility index (Phi) is 6.50. The first-order valence-electron chi connectivity index (χ1n) is 9.80. The van der Waals surface area contributed by atoms with Crippen molar-refractivity contribution in [3.8, 4) is 6.07 Å². The number of anilines is 1. The predicted molar refractivity (Wildman–Crippen MR) is 119 cm³/mol. The van der Waals surface area contributed by atoms with Gasteiger partial charge in [0, 0.05) is 19.3 Å². The summed E-state index contributed by atoms with van der Waals surface area (Å²) in [6, 6.07) is 4.97. The van der Waals surface area contributed by atoms with E-state index in [1.807, 2.05) is 6.07 Å². The molecule has 0 radical (unpaired) electrons. The van der Waals surface area contributed by atoms with Gasteiger partial charge in [-0.25, -0.2) is 4.68 Å². The lowest BCUT2D eigenvalue weighted by molar-refractivity contribution is -0.137. The normalized spacial score (nSPS) is 18.3. The second-order valence-electron chi connectivity index (χ2n) is 7.47. The van der Waals surface area contributed by atoms with E-state index in [9.17, 15) is 23.2 Å². The Morgan fingerprint density at radius 2 is 2.22 bits per heavy atom. The molecule has 2 aliphatic rings. The predicted octanol–water partition coefficient (Wildman–Crippen LogP) is 3.49. The molecule has 1 fully saturated rings. The van der Waals surface area contributed by atoms with Crippen LogP contribution in [0, 0.1) is 17.2 Å². The van der Waals surface area contributed by atoms with Crippen LogP contribution in [0.2, 0.25) is 0 Å². The summed E-state index contributed by atoms with van der Waals surface area (Å²) in [6.07, 6.45) is -1.88. The molecule has 1 saturated heterocycles. The lowest BCUT2D eigenvalue weighted by atomic mass is 10.1. The monoisotopic (exact) mass is 480 g/mol. The van der Waals surface area contributed by atoms with Crippen LogP contribution in [0.3, 0.4) is 0 Å². The third-order valence-electron chi connectivity index (χ3n) is 5.25. The van der Waals surface area contributed by atoms with Gasteiger partial charge in [-0.2, -0.15) is 28.6 Å². The molecule has 1 N–H and O–H groups in total. The van der Waals surface area contributed by atoms with Gasteiger partial charge < -0.3 is 5.32 Å². The molecule has 12 heteroatoms. The first-order chi connectivity index (χ1) is 15.3. The molecule has 1 aromatic heterocycles. The van der Waals surface area contributed by atoms with Crippen LogP contribution in [0.5, 0.6) is 0 Å². The van der Waals surface area contributed by atoms with Gasteiger partial charge in [-0.3, -0.25) is 9.80 Å². The van der Waals surface area contributed by atoms with Crippen molar-refractivity contribution in [2.45, 2.75) is 29.8 Å². The highest BCUT2D eigenvalue weighted by Crippen LogP contribution is 2.37. The number of thioether (sulfide) groups is 2. The van der Waals surface area contributed by atoms with Crippen LogP contribution in [0.1, 0.15) is 23.1 Å². The Balaban J connectivity index is 1.51. The molecule has 0 bridgehead atoms. The highest BCUT2D eigenvalue weighted by atomic mass is 32.2. The molecule has 1 atom stereocenters. The fraction of sp³-hybridized carbons (Fsp3) is 0.400. The molecule has 168 valence electrons. The first kappa shape index (κ1) is 22.7. The zero-order valence-corrected chi connectivity index (χ0v) is 18.6. The summed E-state index contributed by atoms with van der Waals surface area (Å²) < 4.78 is 40.8. The van der Waals surface area contributed by atoms with Gasteiger partial charge in [-0.1, -0.05) is 29.6 Å². The molecule has 32 heavy (non-hydrogen) atoms. The van der Waals surface area contributed by atoms with E-state index < -0.39 is 11.7 Å². The Morgan fingerprint density at radius 3 is 2.91 bits per heavy atom. The maximum Gasteiger partial charge on any atom is 0.416 e. The van der Waals surface area contributed by atoms with Crippen LogP contribution in [-0.2, 0) is 18.5 Å². The van der Waals surface area contributed by atoms with E-state index in [0.29, 0.717) is 33.0 Å². The van der Waals surface area contributed by atoms with Gasteiger partial charge in [0.25, 0.3) is 5.56 Å². The van der Waals surface area contributed by atoms with Gasteiger partial charge in [0.15, 0.2) is 4.38 Å². The summed E-state index contributed by atoms with van der Waals surface area (Å²) in [5, 5.41) is 22.9. The summed E-state index contributed by atoms with van der Waals surface area (Å²) in [5.41, 5.74) is 0.0116. The fourth-order valence-electron chi connectivity index (χ4n) is 3.50. The van der Waals surface area contributed by atoms with Crippen molar-refractivity contribution in [3.05, 3.63) is 51.4 Å². The summed E-state index contributed by atoms with van der Waals surface area (Å²) in [6.45, 7) is 2.33. The summed E-state index contributed by atoms with van der Waals surface area (Å²) in [7, 11) is 1.71. The fourth-order valence-corrected chi connectivity index (χ4v) is 5.69. The van der Waals surface area contributed by atoms with E-state index in [4.69, 9.17) is 0 Å². The zero-order valence-electron chi connectivity index (χ0n) is 17.0. The van der Waals surface area contributed by atoms with Gasteiger partial charge >= 0.3 is 6.18 Å². The van der Waals surface area contributed by atoms with Gasteiger partial charge in [0.05, 0.1) is 29.1 Å². The van der Waals surface area contributed by atoms with Crippen LogP contribution >= 0.6 is 23.5 Å². The number of hydrazone groups is 1. The van der Waals surface area contributed by atoms with E-state index in [0.717, 1.165) is 31.6 Å². The number of alkyl halides is 3. The molecular weight excluding hydrogens is 461 g/mol. The smallest absolute Gasteiger partial charge is 0.316 e. The zero-order chi connectivity index (χ0) is 22.9. The van der Waals surface area contributed by atoms with Crippen LogP contribution in [0.4, 0.5) is 18.9 Å². The van der Waals surface area contributed by atoms with E-state index in [1.165, 1.54) is 34.3 Å². The second kappa shape index (κ2) is 9.17. The molecular formula is C20H19F3N6OS2. The second-order valence-corrected chi connectivity index (χ2v) is 9.69. The van der Waals surface area contributed by atoms with Crippen molar-refractivity contribution in [1.82, 2.24) is 15.1 Å². The first-order valence-corrected chi connectivity index (χ1v) is 11.6. The maximum atomic E-state index is 13.0. The van der Waals surface area contributed by atoms with Gasteiger partial charge in [-0.15, -0.1) is 0 Å². The number of benzene rings is 1. The minimum absolute atomic E-state index is 0.0285. The Morgan fingerprint density at radius 1 is 1.41 bits per heavy atom. The minimum Gasteiger partial charge on any atom is -0.316 e. The number of hydrogen-bond acceptors (Lipinski definition) is 8. The number of rotatable bonds is 4. The van der Waals surface area contributed by atoms with Crippen molar-refractivity contribution < 1.29 is 13.2 Å². The standard InChI is InChI=1S/C20H19F3N6OS2/c1-28-16-9-26-29(10-12-4-5-25-8-12)18(30)17(16)32-19(27-28)31-11-13-2-3-15(20(21,22)23)6-14(13)7-24/h2-3,6,9,12,25H,4-5,8,10-11H2,1H3. The summed E-state index contributed by atoms with van der Waals surface area (Å²) >= 11 is 2.49. The SMILES string of the molecule is CN1N=C(SCc2ccc(C(F)(F)F)cc2C#N)Sc2c1cnn(CC1CCNC1)c2=O. The molecule has 0 spiro atoms. The van der Waals surface area contributed by atoms with Crippen LogP contribution in [-0.4, -0.2) is 34.3 Å². The maximum absolute atomic E-state index is 13.0. The summed E-state index contributed by atoms with van der Waals surface area (Å²) in [4.78, 5) is 13.5. The molecule has 4 rings (SSSR count). The van der Waals surface area contributed by atoms with Gasteiger partial charge in [0.1, 0.15) is 4.90 Å². The molecule has 0 amide bonds.